The Kier molecular flexibility index (Phi) is 6.32. The minimum absolute atomic E-state index is 0.0325. The van der Waals surface area contributed by atoms with Crippen LogP contribution in [-0.4, -0.2) is 28.5 Å². The molecule has 1 amide bonds. The van der Waals surface area contributed by atoms with Gasteiger partial charge in [-0.05, 0) is 12.1 Å². The number of hydrogen-bond acceptors (Lipinski definition) is 3. The van der Waals surface area contributed by atoms with Crippen LogP contribution in [0.25, 0.3) is 0 Å². The first kappa shape index (κ1) is 15.1. The second-order valence-corrected chi connectivity index (χ2v) is 5.26. The van der Waals surface area contributed by atoms with Crippen molar-refractivity contribution >= 4 is 52.5 Å². The molecule has 0 radical (unpaired) electrons. The molecule has 2 N–H and O–H groups in total. The summed E-state index contributed by atoms with van der Waals surface area (Å²) in [6, 6.07) is 4.93. The number of thioether (sulfide) groups is 1. The fourth-order valence-corrected chi connectivity index (χ4v) is 2.33. The maximum atomic E-state index is 11.6. The number of carbonyl (C=O) groups is 2. The van der Waals surface area contributed by atoms with E-state index in [1.165, 1.54) is 11.8 Å². The smallest absolute Gasteiger partial charge is 0.304 e. The molecule has 7 heteroatoms. The minimum atomic E-state index is -0.878. The highest BCUT2D eigenvalue weighted by Gasteiger charge is 2.09. The molecule has 0 aliphatic rings. The van der Waals surface area contributed by atoms with Crippen LogP contribution in [0.3, 0.4) is 0 Å². The van der Waals surface area contributed by atoms with Crippen molar-refractivity contribution in [2.24, 2.45) is 0 Å². The largest absolute Gasteiger partial charge is 0.481 e. The van der Waals surface area contributed by atoms with Gasteiger partial charge in [-0.25, -0.2) is 0 Å². The molecule has 0 heterocycles. The molecule has 98 valence electrons. The third-order valence-corrected chi connectivity index (χ3v) is 3.51. The molecule has 0 spiro atoms. The summed E-state index contributed by atoms with van der Waals surface area (Å²) in [5.41, 5.74) is 0.379. The Morgan fingerprint density at radius 2 is 1.89 bits per heavy atom. The topological polar surface area (TPSA) is 66.4 Å². The van der Waals surface area contributed by atoms with Gasteiger partial charge in [0, 0.05) is 5.75 Å². The minimum Gasteiger partial charge on any atom is -0.481 e. The summed E-state index contributed by atoms with van der Waals surface area (Å²) in [6.45, 7) is 0. The Labute approximate surface area is 119 Å². The van der Waals surface area contributed by atoms with E-state index in [1.807, 2.05) is 0 Å². The Morgan fingerprint density at radius 1 is 1.28 bits per heavy atom. The van der Waals surface area contributed by atoms with E-state index in [2.05, 4.69) is 5.32 Å². The maximum Gasteiger partial charge on any atom is 0.304 e. The van der Waals surface area contributed by atoms with E-state index in [-0.39, 0.29) is 18.1 Å². The molecule has 1 aromatic rings. The predicted octanol–water partition coefficient (Wildman–Crippen LogP) is 3.14. The lowest BCUT2D eigenvalue weighted by atomic mass is 10.3. The number of rotatable bonds is 6. The Hall–Kier alpha value is -0.910. The lowest BCUT2D eigenvalue weighted by molar-refractivity contribution is -0.136. The van der Waals surface area contributed by atoms with Gasteiger partial charge in [0.2, 0.25) is 5.91 Å². The average Bonchev–Trinajstić information content (AvgIpc) is 2.29. The van der Waals surface area contributed by atoms with Gasteiger partial charge in [0.1, 0.15) is 0 Å². The first-order valence-electron chi connectivity index (χ1n) is 5.04. The molecular formula is C11H11Cl2NO3S. The van der Waals surface area contributed by atoms with Gasteiger partial charge in [-0.2, -0.15) is 11.8 Å². The Bertz CT molecular complexity index is 434. The van der Waals surface area contributed by atoms with E-state index < -0.39 is 5.97 Å². The van der Waals surface area contributed by atoms with Crippen LogP contribution in [0.2, 0.25) is 10.0 Å². The molecule has 18 heavy (non-hydrogen) atoms. The predicted molar refractivity (Wildman–Crippen MR) is 74.7 cm³/mol. The summed E-state index contributed by atoms with van der Waals surface area (Å²) in [5.74, 6) is -0.592. The highest BCUT2D eigenvalue weighted by molar-refractivity contribution is 7.99. The molecule has 0 aliphatic heterocycles. The number of hydrogen-bond donors (Lipinski definition) is 2. The van der Waals surface area contributed by atoms with Crippen LogP contribution >= 0.6 is 35.0 Å². The van der Waals surface area contributed by atoms with E-state index in [0.717, 1.165) is 0 Å². The number of aliphatic carboxylic acids is 1. The zero-order valence-corrected chi connectivity index (χ0v) is 11.6. The summed E-state index contributed by atoms with van der Waals surface area (Å²) in [7, 11) is 0. The number of carboxylic acid groups (broad SMARTS) is 1. The standard InChI is InChI=1S/C11H11Cl2NO3S/c12-7-2-1-3-8(13)11(7)14-9(15)6-18-5-4-10(16)17/h1-3H,4-6H2,(H,14,15)(H,16,17). The second kappa shape index (κ2) is 7.51. The quantitative estimate of drug-likeness (QED) is 0.792. The first-order valence-corrected chi connectivity index (χ1v) is 6.95. The number of halogens is 2. The van der Waals surface area contributed by atoms with Crippen LogP contribution in [-0.2, 0) is 9.59 Å². The molecule has 0 aliphatic carbocycles. The summed E-state index contributed by atoms with van der Waals surface area (Å²) in [5, 5.41) is 11.8. The fourth-order valence-electron chi connectivity index (χ4n) is 1.12. The summed E-state index contributed by atoms with van der Waals surface area (Å²) < 4.78 is 0. The van der Waals surface area contributed by atoms with Gasteiger partial charge in [-0.1, -0.05) is 29.3 Å². The van der Waals surface area contributed by atoms with Crippen molar-refractivity contribution < 1.29 is 14.7 Å². The van der Waals surface area contributed by atoms with Crippen LogP contribution in [0, 0.1) is 0 Å². The molecule has 4 nitrogen and oxygen atoms in total. The lowest BCUT2D eigenvalue weighted by Gasteiger charge is -2.08. The lowest BCUT2D eigenvalue weighted by Crippen LogP contribution is -2.15. The van der Waals surface area contributed by atoms with E-state index in [1.54, 1.807) is 18.2 Å². The summed E-state index contributed by atoms with van der Waals surface area (Å²) >= 11 is 13.0. The fraction of sp³-hybridized carbons (Fsp3) is 0.273. The SMILES string of the molecule is O=C(O)CCSCC(=O)Nc1c(Cl)cccc1Cl. The molecule has 0 aromatic heterocycles. The highest BCUT2D eigenvalue weighted by Crippen LogP contribution is 2.29. The van der Waals surface area contributed by atoms with Crippen molar-refractivity contribution in [2.45, 2.75) is 6.42 Å². The van der Waals surface area contributed by atoms with Crippen molar-refractivity contribution in [1.29, 1.82) is 0 Å². The summed E-state index contributed by atoms with van der Waals surface area (Å²) in [4.78, 5) is 21.8. The van der Waals surface area contributed by atoms with Gasteiger partial charge in [-0.15, -0.1) is 0 Å². The maximum absolute atomic E-state index is 11.6. The molecule has 0 unspecified atom stereocenters. The van der Waals surface area contributed by atoms with E-state index in [9.17, 15) is 9.59 Å². The molecule has 0 saturated carbocycles. The Morgan fingerprint density at radius 3 is 2.44 bits per heavy atom. The van der Waals surface area contributed by atoms with Gasteiger partial charge in [-0.3, -0.25) is 9.59 Å². The van der Waals surface area contributed by atoms with Crippen molar-refractivity contribution in [1.82, 2.24) is 0 Å². The van der Waals surface area contributed by atoms with Gasteiger partial charge in [0.15, 0.2) is 0 Å². The van der Waals surface area contributed by atoms with Gasteiger partial charge < -0.3 is 10.4 Å². The highest BCUT2D eigenvalue weighted by atomic mass is 35.5. The number of anilines is 1. The molecule has 0 atom stereocenters. The van der Waals surface area contributed by atoms with E-state index in [4.69, 9.17) is 28.3 Å². The molecule has 0 saturated heterocycles. The zero-order chi connectivity index (χ0) is 13.5. The van der Waals surface area contributed by atoms with Gasteiger partial charge in [0.05, 0.1) is 27.9 Å². The third kappa shape index (κ3) is 5.16. The molecular weight excluding hydrogens is 297 g/mol. The number of benzene rings is 1. The molecule has 1 aromatic carbocycles. The third-order valence-electron chi connectivity index (χ3n) is 1.92. The molecule has 1 rings (SSSR count). The molecule has 0 bridgehead atoms. The van der Waals surface area contributed by atoms with Gasteiger partial charge >= 0.3 is 5.97 Å². The number of para-hydroxylation sites is 1. The van der Waals surface area contributed by atoms with Crippen LogP contribution in [0.5, 0.6) is 0 Å². The van der Waals surface area contributed by atoms with Crippen LogP contribution in [0.15, 0.2) is 18.2 Å². The first-order chi connectivity index (χ1) is 8.50. The van der Waals surface area contributed by atoms with Crippen LogP contribution < -0.4 is 5.32 Å². The average molecular weight is 308 g/mol. The number of amides is 1. The van der Waals surface area contributed by atoms with Gasteiger partial charge in [0.25, 0.3) is 0 Å². The molecule has 0 fully saturated rings. The van der Waals surface area contributed by atoms with Crippen molar-refractivity contribution in [3.05, 3.63) is 28.2 Å². The van der Waals surface area contributed by atoms with Crippen molar-refractivity contribution in [3.8, 4) is 0 Å². The van der Waals surface area contributed by atoms with E-state index in [0.29, 0.717) is 21.5 Å². The van der Waals surface area contributed by atoms with Crippen molar-refractivity contribution in [2.75, 3.05) is 16.8 Å². The number of carbonyl (C=O) groups excluding carboxylic acids is 1. The zero-order valence-electron chi connectivity index (χ0n) is 9.28. The Balaban J connectivity index is 2.43. The van der Waals surface area contributed by atoms with Crippen molar-refractivity contribution in [3.63, 3.8) is 0 Å². The number of nitrogens with one attached hydrogen (secondary N) is 1. The monoisotopic (exact) mass is 307 g/mol. The van der Waals surface area contributed by atoms with Crippen LogP contribution in [0.1, 0.15) is 6.42 Å². The van der Waals surface area contributed by atoms with Crippen LogP contribution in [0.4, 0.5) is 5.69 Å². The van der Waals surface area contributed by atoms with E-state index >= 15 is 0 Å². The normalized spacial score (nSPS) is 10.1. The summed E-state index contributed by atoms with van der Waals surface area (Å²) in [6.07, 6.45) is 0.0325. The number of carboxylic acids is 1. The second-order valence-electron chi connectivity index (χ2n) is 3.34.